The van der Waals surface area contributed by atoms with E-state index >= 15 is 0 Å². The summed E-state index contributed by atoms with van der Waals surface area (Å²) in [5, 5.41) is 0. The summed E-state index contributed by atoms with van der Waals surface area (Å²) in [6.45, 7) is 3.74. The molecule has 0 saturated carbocycles. The van der Waals surface area contributed by atoms with E-state index in [1.165, 1.54) is 0 Å². The van der Waals surface area contributed by atoms with E-state index in [1.54, 1.807) is 45.6 Å². The number of carbonyl (C=O) groups is 2. The van der Waals surface area contributed by atoms with Gasteiger partial charge in [-0.25, -0.2) is 0 Å². The topological polar surface area (TPSA) is 80.3 Å². The highest BCUT2D eigenvalue weighted by Crippen LogP contribution is 2.51. The molecule has 2 aliphatic rings. The second-order valence-electron chi connectivity index (χ2n) is 8.00. The van der Waals surface area contributed by atoms with Gasteiger partial charge in [-0.1, -0.05) is 0 Å². The molecule has 158 valence electrons. The lowest BCUT2D eigenvalue weighted by atomic mass is 9.81. The van der Waals surface area contributed by atoms with E-state index < -0.39 is 11.5 Å². The molecule has 2 aliphatic heterocycles. The Kier molecular flexibility index (Phi) is 4.84. The second-order valence-corrected chi connectivity index (χ2v) is 8.00. The van der Waals surface area contributed by atoms with Crippen LogP contribution in [0.3, 0.4) is 0 Å². The molecule has 7 nitrogen and oxygen atoms in total. The quantitative estimate of drug-likeness (QED) is 0.557. The third-order valence-corrected chi connectivity index (χ3v) is 5.48. The first-order chi connectivity index (χ1) is 14.3. The van der Waals surface area contributed by atoms with Crippen LogP contribution < -0.4 is 23.7 Å². The first kappa shape index (κ1) is 20.1. The molecule has 0 aliphatic carbocycles. The molecule has 0 spiro atoms. The average Bonchev–Trinajstić information content (AvgIpc) is 2.70. The number of esters is 1. The molecular formula is C23H24O7. The van der Waals surface area contributed by atoms with Crippen LogP contribution in [0.4, 0.5) is 0 Å². The Morgan fingerprint density at radius 2 is 1.63 bits per heavy atom. The van der Waals surface area contributed by atoms with E-state index in [9.17, 15) is 9.59 Å². The molecule has 2 aromatic carbocycles. The van der Waals surface area contributed by atoms with Gasteiger partial charge >= 0.3 is 5.97 Å². The lowest BCUT2D eigenvalue weighted by Crippen LogP contribution is -2.37. The summed E-state index contributed by atoms with van der Waals surface area (Å²) in [5.74, 6) is 1.60. The number of hydrogen-bond donors (Lipinski definition) is 0. The zero-order chi connectivity index (χ0) is 21.6. The maximum Gasteiger partial charge on any atom is 0.312 e. The van der Waals surface area contributed by atoms with Gasteiger partial charge in [-0.2, -0.15) is 0 Å². The minimum absolute atomic E-state index is 0.000948. The predicted octanol–water partition coefficient (Wildman–Crippen LogP) is 3.90. The number of ether oxygens (including phenoxy) is 5. The van der Waals surface area contributed by atoms with Crippen LogP contribution in [-0.4, -0.2) is 38.7 Å². The number of ketones is 1. The van der Waals surface area contributed by atoms with Gasteiger partial charge in [0.1, 0.15) is 22.8 Å². The van der Waals surface area contributed by atoms with Crippen LogP contribution in [0.2, 0.25) is 0 Å². The third kappa shape index (κ3) is 3.24. The molecule has 0 fully saturated rings. The number of carbonyl (C=O) groups excluding carboxylic acids is 2. The van der Waals surface area contributed by atoms with Crippen molar-refractivity contribution in [3.05, 3.63) is 41.0 Å². The largest absolute Gasteiger partial charge is 0.496 e. The minimum atomic E-state index is -0.660. The fraction of sp³-hybridized carbons (Fsp3) is 0.391. The van der Waals surface area contributed by atoms with Gasteiger partial charge in [0.25, 0.3) is 0 Å². The molecule has 0 amide bonds. The van der Waals surface area contributed by atoms with Gasteiger partial charge in [-0.15, -0.1) is 0 Å². The summed E-state index contributed by atoms with van der Waals surface area (Å²) < 4.78 is 28.2. The third-order valence-electron chi connectivity index (χ3n) is 5.48. The van der Waals surface area contributed by atoms with E-state index in [2.05, 4.69) is 0 Å². The summed E-state index contributed by atoms with van der Waals surface area (Å²) in [6.07, 6.45) is 0.357. The van der Waals surface area contributed by atoms with Gasteiger partial charge in [0.15, 0.2) is 17.3 Å². The number of methoxy groups -OCH3 is 3. The molecule has 1 atom stereocenters. The van der Waals surface area contributed by atoms with Crippen LogP contribution >= 0.6 is 0 Å². The van der Waals surface area contributed by atoms with Crippen molar-refractivity contribution >= 4 is 11.8 Å². The highest BCUT2D eigenvalue weighted by molar-refractivity contribution is 6.01. The van der Waals surface area contributed by atoms with Gasteiger partial charge in [-0.05, 0) is 32.0 Å². The monoisotopic (exact) mass is 412 g/mol. The highest BCUT2D eigenvalue weighted by Gasteiger charge is 2.40. The molecule has 0 bridgehead atoms. The van der Waals surface area contributed by atoms with Crippen molar-refractivity contribution < 1.29 is 33.3 Å². The summed E-state index contributed by atoms with van der Waals surface area (Å²) in [7, 11) is 4.64. The maximum absolute atomic E-state index is 12.8. The fourth-order valence-electron chi connectivity index (χ4n) is 4.15. The summed E-state index contributed by atoms with van der Waals surface area (Å²) >= 11 is 0. The fourth-order valence-corrected chi connectivity index (χ4v) is 4.15. The van der Waals surface area contributed by atoms with Crippen LogP contribution in [0.25, 0.3) is 0 Å². The zero-order valence-electron chi connectivity index (χ0n) is 17.7. The average molecular weight is 412 g/mol. The Labute approximate surface area is 174 Å². The molecule has 2 heterocycles. The number of benzene rings is 2. The Balaban J connectivity index is 1.96. The van der Waals surface area contributed by atoms with E-state index in [1.807, 2.05) is 13.8 Å². The SMILES string of the molecule is COc1cc(OC)c(C2CC(=O)Oc3ccc4c(c32)OC(C)(C)CC4=O)cc1OC. The van der Waals surface area contributed by atoms with E-state index in [0.29, 0.717) is 39.9 Å². The van der Waals surface area contributed by atoms with E-state index in [-0.39, 0.29) is 24.6 Å². The Bertz CT molecular complexity index is 1040. The summed E-state index contributed by atoms with van der Waals surface area (Å²) in [5.41, 5.74) is 1.22. The number of fused-ring (bicyclic) bond motifs is 3. The predicted molar refractivity (Wildman–Crippen MR) is 108 cm³/mol. The standard InChI is InChI=1S/C23H24O7/c1-23(2)11-15(24)12-6-7-16-21(22(12)30-23)14(9-20(25)29-16)13-8-18(27-4)19(28-5)10-17(13)26-3/h6-8,10,14H,9,11H2,1-5H3. The second kappa shape index (κ2) is 7.23. The Hall–Kier alpha value is -3.22. The molecule has 0 aromatic heterocycles. The number of Topliss-reactive ketones (excluding diaryl/α,β-unsaturated/α-hetero) is 1. The van der Waals surface area contributed by atoms with Gasteiger partial charge < -0.3 is 23.7 Å². The molecule has 0 N–H and O–H groups in total. The van der Waals surface area contributed by atoms with Crippen LogP contribution in [-0.2, 0) is 4.79 Å². The highest BCUT2D eigenvalue weighted by atomic mass is 16.5. The molecule has 0 radical (unpaired) electrons. The van der Waals surface area contributed by atoms with Crippen LogP contribution in [0, 0.1) is 0 Å². The number of rotatable bonds is 4. The van der Waals surface area contributed by atoms with Crippen molar-refractivity contribution in [3.8, 4) is 28.7 Å². The van der Waals surface area contributed by atoms with Crippen LogP contribution in [0.5, 0.6) is 28.7 Å². The van der Waals surface area contributed by atoms with Gasteiger partial charge in [0.2, 0.25) is 0 Å². The summed E-state index contributed by atoms with van der Waals surface area (Å²) in [6, 6.07) is 6.83. The van der Waals surface area contributed by atoms with Gasteiger partial charge in [0.05, 0.1) is 39.7 Å². The van der Waals surface area contributed by atoms with Crippen molar-refractivity contribution in [2.45, 2.75) is 38.2 Å². The summed E-state index contributed by atoms with van der Waals surface area (Å²) in [4.78, 5) is 25.2. The molecule has 0 saturated heterocycles. The van der Waals surface area contributed by atoms with Crippen LogP contribution in [0.15, 0.2) is 24.3 Å². The Morgan fingerprint density at radius 1 is 0.967 bits per heavy atom. The molecular weight excluding hydrogens is 388 g/mol. The van der Waals surface area contributed by atoms with Gasteiger partial charge in [-0.3, -0.25) is 9.59 Å². The van der Waals surface area contributed by atoms with Crippen molar-refractivity contribution in [1.29, 1.82) is 0 Å². The molecule has 7 heteroatoms. The normalized spacial score (nSPS) is 19.2. The smallest absolute Gasteiger partial charge is 0.312 e. The molecule has 2 aromatic rings. The first-order valence-corrected chi connectivity index (χ1v) is 9.67. The number of hydrogen-bond acceptors (Lipinski definition) is 7. The van der Waals surface area contributed by atoms with Crippen molar-refractivity contribution in [1.82, 2.24) is 0 Å². The van der Waals surface area contributed by atoms with Gasteiger partial charge in [0, 0.05) is 23.1 Å². The van der Waals surface area contributed by atoms with Crippen molar-refractivity contribution in [3.63, 3.8) is 0 Å². The zero-order valence-corrected chi connectivity index (χ0v) is 17.7. The minimum Gasteiger partial charge on any atom is -0.496 e. The first-order valence-electron chi connectivity index (χ1n) is 9.67. The molecule has 1 unspecified atom stereocenters. The molecule has 4 rings (SSSR count). The van der Waals surface area contributed by atoms with E-state index in [0.717, 1.165) is 5.56 Å². The van der Waals surface area contributed by atoms with E-state index in [4.69, 9.17) is 23.7 Å². The lowest BCUT2D eigenvalue weighted by Gasteiger charge is -2.36. The maximum atomic E-state index is 12.8. The lowest BCUT2D eigenvalue weighted by molar-refractivity contribution is -0.135. The van der Waals surface area contributed by atoms with Crippen molar-refractivity contribution in [2.75, 3.05) is 21.3 Å². The van der Waals surface area contributed by atoms with Crippen molar-refractivity contribution in [2.24, 2.45) is 0 Å². The Morgan fingerprint density at radius 3 is 2.30 bits per heavy atom. The van der Waals surface area contributed by atoms with Crippen LogP contribution in [0.1, 0.15) is 54.1 Å². The molecule has 30 heavy (non-hydrogen) atoms.